The molecule has 0 spiro atoms. The minimum atomic E-state index is -0.424. The molecule has 0 radical (unpaired) electrons. The molecule has 1 N–H and O–H groups in total. The summed E-state index contributed by atoms with van der Waals surface area (Å²) in [5.41, 5.74) is 2.17. The molecule has 26 heavy (non-hydrogen) atoms. The van der Waals surface area contributed by atoms with E-state index in [4.69, 9.17) is 9.47 Å². The lowest BCUT2D eigenvalue weighted by Gasteiger charge is -2.10. The van der Waals surface area contributed by atoms with Crippen LogP contribution >= 0.6 is 0 Å². The SMILES string of the molecule is CC(C)OC(=O)c1cccc(NC(=O)C2=Cc3ccccc3OC=C2)c1. The molecule has 1 heterocycles. The molecule has 2 aromatic carbocycles. The topological polar surface area (TPSA) is 64.6 Å². The molecule has 0 bridgehead atoms. The number of para-hydroxylation sites is 1. The van der Waals surface area contributed by atoms with Gasteiger partial charge in [0.05, 0.1) is 17.9 Å². The number of esters is 1. The minimum Gasteiger partial charge on any atom is -0.464 e. The summed E-state index contributed by atoms with van der Waals surface area (Å²) >= 11 is 0. The van der Waals surface area contributed by atoms with Crippen molar-refractivity contribution >= 4 is 23.6 Å². The number of carbonyl (C=O) groups is 2. The molecular weight excluding hydrogens is 330 g/mol. The fourth-order valence-corrected chi connectivity index (χ4v) is 2.45. The molecule has 0 atom stereocenters. The van der Waals surface area contributed by atoms with Crippen LogP contribution in [0, 0.1) is 0 Å². The average Bonchev–Trinajstić information content (AvgIpc) is 2.84. The van der Waals surface area contributed by atoms with Crippen LogP contribution in [0.3, 0.4) is 0 Å². The number of benzene rings is 2. The van der Waals surface area contributed by atoms with Gasteiger partial charge in [0.25, 0.3) is 5.91 Å². The summed E-state index contributed by atoms with van der Waals surface area (Å²) in [6.07, 6.45) is 4.63. The van der Waals surface area contributed by atoms with E-state index < -0.39 is 5.97 Å². The molecule has 1 amide bonds. The molecule has 2 aromatic rings. The van der Waals surface area contributed by atoms with Gasteiger partial charge in [-0.3, -0.25) is 4.79 Å². The highest BCUT2D eigenvalue weighted by molar-refractivity contribution is 6.09. The fraction of sp³-hybridized carbons (Fsp3) is 0.143. The maximum absolute atomic E-state index is 12.6. The van der Waals surface area contributed by atoms with Crippen LogP contribution in [-0.4, -0.2) is 18.0 Å². The zero-order chi connectivity index (χ0) is 18.5. The summed E-state index contributed by atoms with van der Waals surface area (Å²) in [5.74, 6) is -0.0343. The first-order valence-corrected chi connectivity index (χ1v) is 8.29. The second-order valence-electron chi connectivity index (χ2n) is 6.05. The van der Waals surface area contributed by atoms with E-state index in [0.29, 0.717) is 22.6 Å². The van der Waals surface area contributed by atoms with E-state index in [0.717, 1.165) is 5.56 Å². The molecule has 0 aromatic heterocycles. The smallest absolute Gasteiger partial charge is 0.338 e. The second-order valence-corrected chi connectivity index (χ2v) is 6.05. The highest BCUT2D eigenvalue weighted by Crippen LogP contribution is 2.25. The van der Waals surface area contributed by atoms with Crippen LogP contribution in [0.1, 0.15) is 29.8 Å². The zero-order valence-electron chi connectivity index (χ0n) is 14.6. The number of carbonyl (C=O) groups excluding carboxylic acids is 2. The van der Waals surface area contributed by atoms with E-state index in [9.17, 15) is 9.59 Å². The third-order valence-electron chi connectivity index (χ3n) is 3.63. The van der Waals surface area contributed by atoms with Crippen molar-refractivity contribution in [1.82, 2.24) is 0 Å². The van der Waals surface area contributed by atoms with Crippen LogP contribution in [0.4, 0.5) is 5.69 Å². The summed E-state index contributed by atoms with van der Waals surface area (Å²) in [6.45, 7) is 3.57. The standard InChI is InChI=1S/C21H19NO4/c1-14(2)26-21(24)17-7-5-8-18(13-17)22-20(23)16-10-11-25-19-9-4-3-6-15(19)12-16/h3-14H,1-2H3,(H,22,23). The summed E-state index contributed by atoms with van der Waals surface area (Å²) in [4.78, 5) is 24.6. The van der Waals surface area contributed by atoms with E-state index in [1.54, 1.807) is 50.3 Å². The molecule has 5 heteroatoms. The molecule has 1 aliphatic rings. The van der Waals surface area contributed by atoms with Crippen molar-refractivity contribution in [3.05, 3.63) is 77.6 Å². The first-order chi connectivity index (χ1) is 12.5. The van der Waals surface area contributed by atoms with E-state index in [1.165, 1.54) is 6.26 Å². The Balaban J connectivity index is 1.78. The second kappa shape index (κ2) is 7.70. The van der Waals surface area contributed by atoms with Gasteiger partial charge in [-0.1, -0.05) is 24.3 Å². The van der Waals surface area contributed by atoms with Crippen molar-refractivity contribution in [3.63, 3.8) is 0 Å². The van der Waals surface area contributed by atoms with Crippen molar-refractivity contribution in [2.45, 2.75) is 20.0 Å². The number of anilines is 1. The van der Waals surface area contributed by atoms with Gasteiger partial charge in [-0.15, -0.1) is 0 Å². The third kappa shape index (κ3) is 4.19. The predicted octanol–water partition coefficient (Wildman–Crippen LogP) is 4.18. The van der Waals surface area contributed by atoms with Crippen molar-refractivity contribution in [3.8, 4) is 5.75 Å². The number of ether oxygens (including phenoxy) is 2. The summed E-state index contributed by atoms with van der Waals surface area (Å²) in [7, 11) is 0. The van der Waals surface area contributed by atoms with E-state index in [2.05, 4.69) is 5.32 Å². The molecule has 3 rings (SSSR count). The predicted molar refractivity (Wildman–Crippen MR) is 99.8 cm³/mol. The fourth-order valence-electron chi connectivity index (χ4n) is 2.45. The summed E-state index contributed by atoms with van der Waals surface area (Å²) in [5, 5.41) is 2.80. The average molecular weight is 349 g/mol. The normalized spacial score (nSPS) is 12.5. The first-order valence-electron chi connectivity index (χ1n) is 8.29. The first kappa shape index (κ1) is 17.5. The van der Waals surface area contributed by atoms with Gasteiger partial charge in [0.2, 0.25) is 0 Å². The number of hydrogen-bond acceptors (Lipinski definition) is 4. The van der Waals surface area contributed by atoms with Crippen LogP contribution < -0.4 is 10.1 Å². The van der Waals surface area contributed by atoms with E-state index in [1.807, 2.05) is 24.3 Å². The molecular formula is C21H19NO4. The number of hydrogen-bond donors (Lipinski definition) is 1. The van der Waals surface area contributed by atoms with Gasteiger partial charge in [-0.05, 0) is 50.3 Å². The Morgan fingerprint density at radius 2 is 1.88 bits per heavy atom. The maximum Gasteiger partial charge on any atom is 0.338 e. The van der Waals surface area contributed by atoms with Gasteiger partial charge < -0.3 is 14.8 Å². The largest absolute Gasteiger partial charge is 0.464 e. The van der Waals surface area contributed by atoms with Crippen LogP contribution in [0.5, 0.6) is 5.75 Å². The summed E-state index contributed by atoms with van der Waals surface area (Å²) < 4.78 is 10.7. The van der Waals surface area contributed by atoms with Crippen LogP contribution in [-0.2, 0) is 9.53 Å². The van der Waals surface area contributed by atoms with Crippen molar-refractivity contribution in [2.24, 2.45) is 0 Å². The molecule has 0 fully saturated rings. The van der Waals surface area contributed by atoms with Gasteiger partial charge in [-0.2, -0.15) is 0 Å². The van der Waals surface area contributed by atoms with Gasteiger partial charge >= 0.3 is 5.97 Å². The van der Waals surface area contributed by atoms with Crippen molar-refractivity contribution in [1.29, 1.82) is 0 Å². The van der Waals surface area contributed by atoms with E-state index >= 15 is 0 Å². The lowest BCUT2D eigenvalue weighted by molar-refractivity contribution is -0.112. The Hall–Kier alpha value is -3.34. The van der Waals surface area contributed by atoms with Gasteiger partial charge in [0, 0.05) is 16.8 Å². The van der Waals surface area contributed by atoms with Gasteiger partial charge in [0.1, 0.15) is 5.75 Å². The van der Waals surface area contributed by atoms with Crippen LogP contribution in [0.25, 0.3) is 6.08 Å². The number of nitrogens with one attached hydrogen (secondary N) is 1. The maximum atomic E-state index is 12.6. The Morgan fingerprint density at radius 1 is 1.08 bits per heavy atom. The quantitative estimate of drug-likeness (QED) is 0.841. The molecule has 132 valence electrons. The van der Waals surface area contributed by atoms with Crippen LogP contribution in [0.2, 0.25) is 0 Å². The number of rotatable bonds is 4. The molecule has 0 saturated heterocycles. The van der Waals surface area contributed by atoms with Gasteiger partial charge in [0.15, 0.2) is 0 Å². The van der Waals surface area contributed by atoms with Crippen LogP contribution in [0.15, 0.2) is 66.4 Å². The Labute approximate surface area is 151 Å². The number of fused-ring (bicyclic) bond motifs is 1. The highest BCUT2D eigenvalue weighted by Gasteiger charge is 2.14. The van der Waals surface area contributed by atoms with E-state index in [-0.39, 0.29) is 12.0 Å². The molecule has 0 unspecified atom stereocenters. The third-order valence-corrected chi connectivity index (χ3v) is 3.63. The van der Waals surface area contributed by atoms with Crippen molar-refractivity contribution in [2.75, 3.05) is 5.32 Å². The molecule has 0 aliphatic carbocycles. The van der Waals surface area contributed by atoms with Crippen molar-refractivity contribution < 1.29 is 19.1 Å². The Bertz CT molecular complexity index is 896. The minimum absolute atomic E-state index is 0.206. The Kier molecular flexibility index (Phi) is 5.17. The van der Waals surface area contributed by atoms with Gasteiger partial charge in [-0.25, -0.2) is 4.79 Å². The Morgan fingerprint density at radius 3 is 2.69 bits per heavy atom. The zero-order valence-corrected chi connectivity index (χ0v) is 14.6. The molecule has 5 nitrogen and oxygen atoms in total. The lowest BCUT2D eigenvalue weighted by atomic mass is 10.1. The highest BCUT2D eigenvalue weighted by atomic mass is 16.5. The lowest BCUT2D eigenvalue weighted by Crippen LogP contribution is -2.15. The monoisotopic (exact) mass is 349 g/mol. The number of amides is 1. The molecule has 1 aliphatic heterocycles. The summed E-state index contributed by atoms with van der Waals surface area (Å²) in [6, 6.07) is 14.1. The molecule has 0 saturated carbocycles.